The second-order valence-corrected chi connectivity index (χ2v) is 5.10. The predicted molar refractivity (Wildman–Crippen MR) is 67.4 cm³/mol. The molecular weight excluding hydrogens is 226 g/mol. The molecule has 94 valence electrons. The van der Waals surface area contributed by atoms with Crippen molar-refractivity contribution in [1.82, 2.24) is 10.6 Å². The average Bonchev–Trinajstić information content (AvgIpc) is 2.10. The molecule has 0 aromatic rings. The molecule has 5 nitrogen and oxygen atoms in total. The van der Waals surface area contributed by atoms with Crippen LogP contribution in [0.25, 0.3) is 0 Å². The lowest BCUT2D eigenvalue weighted by molar-refractivity contribution is -0.117. The van der Waals surface area contributed by atoms with E-state index in [1.165, 1.54) is 11.8 Å². The third-order valence-electron chi connectivity index (χ3n) is 1.62. The van der Waals surface area contributed by atoms with E-state index < -0.39 is 6.03 Å². The van der Waals surface area contributed by atoms with Crippen molar-refractivity contribution in [3.8, 4) is 0 Å². The Hall–Kier alpha value is -0.750. The molecule has 0 spiro atoms. The molecule has 1 unspecified atom stereocenters. The van der Waals surface area contributed by atoms with Crippen LogP contribution in [0.5, 0.6) is 0 Å². The molecule has 16 heavy (non-hydrogen) atoms. The van der Waals surface area contributed by atoms with Crippen LogP contribution in [0.2, 0.25) is 0 Å². The van der Waals surface area contributed by atoms with E-state index >= 15 is 0 Å². The number of carbonyl (C=O) groups is 2. The Bertz CT molecular complexity index is 232. The van der Waals surface area contributed by atoms with Crippen molar-refractivity contribution >= 4 is 23.7 Å². The molecular formula is C10H21N3O2S. The van der Waals surface area contributed by atoms with Crippen LogP contribution >= 0.6 is 11.8 Å². The largest absolute Gasteiger partial charge is 0.336 e. The lowest BCUT2D eigenvalue weighted by Gasteiger charge is -2.09. The van der Waals surface area contributed by atoms with Crippen LogP contribution in [0.15, 0.2) is 0 Å². The zero-order chi connectivity index (χ0) is 12.6. The molecule has 0 fully saturated rings. The summed E-state index contributed by atoms with van der Waals surface area (Å²) >= 11 is 1.48. The first kappa shape index (κ1) is 15.2. The van der Waals surface area contributed by atoms with Gasteiger partial charge in [0.25, 0.3) is 0 Å². The maximum atomic E-state index is 11.3. The van der Waals surface area contributed by atoms with Gasteiger partial charge >= 0.3 is 6.03 Å². The first-order chi connectivity index (χ1) is 7.41. The summed E-state index contributed by atoms with van der Waals surface area (Å²) in [5.41, 5.74) is 5.57. The average molecular weight is 247 g/mol. The van der Waals surface area contributed by atoms with Gasteiger partial charge in [0.2, 0.25) is 5.91 Å². The number of amides is 3. The van der Waals surface area contributed by atoms with E-state index in [0.717, 1.165) is 12.2 Å². The minimum absolute atomic E-state index is 0.0264. The molecule has 0 aromatic heterocycles. The third-order valence-corrected chi connectivity index (χ3v) is 2.61. The SMILES string of the molecule is CC(N)CCSCC(=O)NC(=O)NC(C)C. The summed E-state index contributed by atoms with van der Waals surface area (Å²) in [6, 6.07) is -0.258. The van der Waals surface area contributed by atoms with Gasteiger partial charge < -0.3 is 11.1 Å². The molecule has 0 aliphatic heterocycles. The quantitative estimate of drug-likeness (QED) is 0.603. The Morgan fingerprint density at radius 3 is 2.44 bits per heavy atom. The Morgan fingerprint density at radius 1 is 1.31 bits per heavy atom. The van der Waals surface area contributed by atoms with Crippen LogP contribution in [-0.2, 0) is 4.79 Å². The summed E-state index contributed by atoms with van der Waals surface area (Å²) in [4.78, 5) is 22.4. The van der Waals surface area contributed by atoms with Gasteiger partial charge in [0, 0.05) is 12.1 Å². The van der Waals surface area contributed by atoms with Crippen LogP contribution in [0, 0.1) is 0 Å². The molecule has 0 heterocycles. The summed E-state index contributed by atoms with van der Waals surface area (Å²) in [5, 5.41) is 4.84. The summed E-state index contributed by atoms with van der Waals surface area (Å²) < 4.78 is 0. The lowest BCUT2D eigenvalue weighted by atomic mass is 10.3. The number of imide groups is 1. The number of urea groups is 1. The van der Waals surface area contributed by atoms with E-state index in [0.29, 0.717) is 0 Å². The maximum Gasteiger partial charge on any atom is 0.321 e. The fourth-order valence-electron chi connectivity index (χ4n) is 0.895. The number of nitrogens with one attached hydrogen (secondary N) is 2. The molecule has 6 heteroatoms. The number of rotatable bonds is 6. The van der Waals surface area contributed by atoms with E-state index in [-0.39, 0.29) is 23.7 Å². The Morgan fingerprint density at radius 2 is 1.94 bits per heavy atom. The highest BCUT2D eigenvalue weighted by molar-refractivity contribution is 7.99. The molecule has 4 N–H and O–H groups in total. The molecule has 0 saturated heterocycles. The van der Waals surface area contributed by atoms with Gasteiger partial charge in [0.05, 0.1) is 5.75 Å². The number of hydrogen-bond acceptors (Lipinski definition) is 4. The van der Waals surface area contributed by atoms with Gasteiger partial charge in [-0.05, 0) is 32.9 Å². The third kappa shape index (κ3) is 9.79. The molecule has 0 saturated carbocycles. The zero-order valence-electron chi connectivity index (χ0n) is 10.1. The Labute approximate surface area is 101 Å². The van der Waals surface area contributed by atoms with Crippen LogP contribution in [0.1, 0.15) is 27.2 Å². The number of thioether (sulfide) groups is 1. The van der Waals surface area contributed by atoms with E-state index in [2.05, 4.69) is 10.6 Å². The highest BCUT2D eigenvalue weighted by Gasteiger charge is 2.08. The van der Waals surface area contributed by atoms with Crippen LogP contribution < -0.4 is 16.4 Å². The minimum atomic E-state index is -0.437. The summed E-state index contributed by atoms with van der Waals surface area (Å²) in [7, 11) is 0. The van der Waals surface area contributed by atoms with Gasteiger partial charge in [-0.2, -0.15) is 11.8 Å². The summed E-state index contributed by atoms with van der Waals surface area (Å²) in [6.45, 7) is 5.60. The van der Waals surface area contributed by atoms with Crippen molar-refractivity contribution in [2.75, 3.05) is 11.5 Å². The van der Waals surface area contributed by atoms with Crippen LogP contribution in [0.4, 0.5) is 4.79 Å². The van der Waals surface area contributed by atoms with Crippen molar-refractivity contribution in [3.05, 3.63) is 0 Å². The Kier molecular flexibility index (Phi) is 8.01. The van der Waals surface area contributed by atoms with Crippen molar-refractivity contribution < 1.29 is 9.59 Å². The molecule has 0 aromatic carbocycles. The smallest absolute Gasteiger partial charge is 0.321 e. The second-order valence-electron chi connectivity index (χ2n) is 3.99. The zero-order valence-corrected chi connectivity index (χ0v) is 10.9. The van der Waals surface area contributed by atoms with E-state index in [1.807, 2.05) is 20.8 Å². The molecule has 0 aliphatic rings. The van der Waals surface area contributed by atoms with Gasteiger partial charge in [-0.25, -0.2) is 4.79 Å². The molecule has 0 bridgehead atoms. The number of carbonyl (C=O) groups excluding carboxylic acids is 2. The van der Waals surface area contributed by atoms with Crippen LogP contribution in [0.3, 0.4) is 0 Å². The van der Waals surface area contributed by atoms with Gasteiger partial charge in [-0.15, -0.1) is 0 Å². The molecule has 1 atom stereocenters. The standard InChI is InChI=1S/C10H21N3O2S/c1-7(2)12-10(15)13-9(14)6-16-5-4-8(3)11/h7-8H,4-6,11H2,1-3H3,(H2,12,13,14,15). The van der Waals surface area contributed by atoms with E-state index in [9.17, 15) is 9.59 Å². The fourth-order valence-corrected chi connectivity index (χ4v) is 1.84. The fraction of sp³-hybridized carbons (Fsp3) is 0.800. The van der Waals surface area contributed by atoms with Crippen molar-refractivity contribution in [1.29, 1.82) is 0 Å². The molecule has 0 aliphatic carbocycles. The van der Waals surface area contributed by atoms with E-state index in [1.54, 1.807) is 0 Å². The van der Waals surface area contributed by atoms with Gasteiger partial charge in [0.1, 0.15) is 0 Å². The van der Waals surface area contributed by atoms with Crippen molar-refractivity contribution in [2.45, 2.75) is 39.3 Å². The first-order valence-corrected chi connectivity index (χ1v) is 6.51. The number of nitrogens with two attached hydrogens (primary N) is 1. The summed E-state index contributed by atoms with van der Waals surface area (Å²) in [5.74, 6) is 0.850. The molecule has 0 radical (unpaired) electrons. The van der Waals surface area contributed by atoms with Crippen LogP contribution in [-0.4, -0.2) is 35.5 Å². The van der Waals surface area contributed by atoms with Gasteiger partial charge in [-0.3, -0.25) is 10.1 Å². The topological polar surface area (TPSA) is 84.2 Å². The van der Waals surface area contributed by atoms with Gasteiger partial charge in [0.15, 0.2) is 0 Å². The second kappa shape index (κ2) is 8.41. The highest BCUT2D eigenvalue weighted by atomic mass is 32.2. The molecule has 0 rings (SSSR count). The summed E-state index contributed by atoms with van der Waals surface area (Å²) in [6.07, 6.45) is 0.871. The lowest BCUT2D eigenvalue weighted by Crippen LogP contribution is -2.43. The van der Waals surface area contributed by atoms with E-state index in [4.69, 9.17) is 5.73 Å². The Balaban J connectivity index is 3.55. The normalized spacial score (nSPS) is 12.3. The van der Waals surface area contributed by atoms with Gasteiger partial charge in [-0.1, -0.05) is 0 Å². The minimum Gasteiger partial charge on any atom is -0.336 e. The first-order valence-electron chi connectivity index (χ1n) is 5.35. The van der Waals surface area contributed by atoms with Crippen molar-refractivity contribution in [2.24, 2.45) is 5.73 Å². The monoisotopic (exact) mass is 247 g/mol. The highest BCUT2D eigenvalue weighted by Crippen LogP contribution is 2.03. The van der Waals surface area contributed by atoms with Crippen molar-refractivity contribution in [3.63, 3.8) is 0 Å². The molecule has 3 amide bonds. The predicted octanol–water partition coefficient (Wildman–Crippen LogP) is 0.691. The number of hydrogen-bond donors (Lipinski definition) is 3. The maximum absolute atomic E-state index is 11.3.